The molecule has 0 spiro atoms. The number of rotatable bonds is 2. The molecule has 0 bridgehead atoms. The quantitative estimate of drug-likeness (QED) is 0.687. The highest BCUT2D eigenvalue weighted by atomic mass is 19.1. The van der Waals surface area contributed by atoms with Crippen molar-refractivity contribution in [2.45, 2.75) is 19.4 Å². The molecule has 0 saturated heterocycles. The number of hydrogen-bond acceptors (Lipinski definition) is 2. The van der Waals surface area contributed by atoms with Crippen LogP contribution >= 0.6 is 0 Å². The number of benzene rings is 2. The fourth-order valence-corrected chi connectivity index (χ4v) is 3.22. The van der Waals surface area contributed by atoms with Crippen molar-refractivity contribution in [3.8, 4) is 11.3 Å². The zero-order chi connectivity index (χ0) is 16.7. The third kappa shape index (κ3) is 2.40. The van der Waals surface area contributed by atoms with E-state index in [1.54, 1.807) is 29.2 Å². The summed E-state index contributed by atoms with van der Waals surface area (Å²) < 4.78 is 18.8. The van der Waals surface area contributed by atoms with Gasteiger partial charge in [0.2, 0.25) is 0 Å². The van der Waals surface area contributed by atoms with Crippen LogP contribution < -0.4 is 4.90 Å². The molecular formula is C20H16FNO2. The zero-order valence-electron chi connectivity index (χ0n) is 13.2. The third-order valence-corrected chi connectivity index (χ3v) is 4.37. The predicted molar refractivity (Wildman–Crippen MR) is 90.5 cm³/mol. The lowest BCUT2D eigenvalue weighted by Crippen LogP contribution is -2.35. The van der Waals surface area contributed by atoms with Crippen LogP contribution in [0.15, 0.2) is 65.1 Å². The van der Waals surface area contributed by atoms with Crippen LogP contribution in [-0.2, 0) is 6.42 Å². The van der Waals surface area contributed by atoms with Crippen LogP contribution in [0.5, 0.6) is 0 Å². The van der Waals surface area contributed by atoms with Gasteiger partial charge in [0.1, 0.15) is 11.6 Å². The maximum atomic E-state index is 13.0. The SMILES string of the molecule is CC1Cc2ccccc2N1C(=O)c1ccc(-c2ccc(F)cc2)o1. The van der Waals surface area contributed by atoms with Crippen LogP contribution in [0.1, 0.15) is 23.0 Å². The lowest BCUT2D eigenvalue weighted by atomic mass is 10.1. The molecule has 0 N–H and O–H groups in total. The molecule has 1 atom stereocenters. The van der Waals surface area contributed by atoms with E-state index in [9.17, 15) is 9.18 Å². The number of anilines is 1. The topological polar surface area (TPSA) is 33.5 Å². The van der Waals surface area contributed by atoms with Crippen molar-refractivity contribution in [3.05, 3.63) is 77.8 Å². The summed E-state index contributed by atoms with van der Waals surface area (Å²) in [5.74, 6) is 0.390. The molecule has 1 aromatic heterocycles. The summed E-state index contributed by atoms with van der Waals surface area (Å²) in [6, 6.07) is 17.5. The van der Waals surface area contributed by atoms with E-state index in [0.29, 0.717) is 5.76 Å². The number of para-hydroxylation sites is 1. The van der Waals surface area contributed by atoms with Crippen LogP contribution in [0.3, 0.4) is 0 Å². The first-order chi connectivity index (χ1) is 11.6. The molecule has 4 heteroatoms. The molecule has 4 rings (SSSR count). The molecule has 1 aliphatic rings. The first-order valence-corrected chi connectivity index (χ1v) is 7.91. The van der Waals surface area contributed by atoms with Gasteiger partial charge in [-0.25, -0.2) is 4.39 Å². The third-order valence-electron chi connectivity index (χ3n) is 4.37. The highest BCUT2D eigenvalue weighted by Gasteiger charge is 2.32. The Morgan fingerprint density at radius 2 is 1.83 bits per heavy atom. The Balaban J connectivity index is 1.65. The average Bonchev–Trinajstić information content (AvgIpc) is 3.19. The van der Waals surface area contributed by atoms with E-state index in [-0.39, 0.29) is 23.5 Å². The number of carbonyl (C=O) groups is 1. The van der Waals surface area contributed by atoms with E-state index in [4.69, 9.17) is 4.42 Å². The van der Waals surface area contributed by atoms with Crippen molar-refractivity contribution in [2.24, 2.45) is 0 Å². The van der Waals surface area contributed by atoms with Crippen molar-refractivity contribution in [2.75, 3.05) is 4.90 Å². The van der Waals surface area contributed by atoms with E-state index in [1.165, 1.54) is 17.7 Å². The Labute approximate surface area is 139 Å². The van der Waals surface area contributed by atoms with Gasteiger partial charge in [-0.2, -0.15) is 0 Å². The van der Waals surface area contributed by atoms with Crippen molar-refractivity contribution < 1.29 is 13.6 Å². The fraction of sp³-hybridized carbons (Fsp3) is 0.150. The van der Waals surface area contributed by atoms with Gasteiger partial charge in [0, 0.05) is 17.3 Å². The molecule has 0 fully saturated rings. The van der Waals surface area contributed by atoms with Crippen LogP contribution in [0.25, 0.3) is 11.3 Å². The van der Waals surface area contributed by atoms with Gasteiger partial charge in [0.15, 0.2) is 5.76 Å². The molecule has 1 unspecified atom stereocenters. The molecule has 120 valence electrons. The first-order valence-electron chi connectivity index (χ1n) is 7.91. The zero-order valence-corrected chi connectivity index (χ0v) is 13.2. The molecule has 0 radical (unpaired) electrons. The second-order valence-electron chi connectivity index (χ2n) is 6.03. The van der Waals surface area contributed by atoms with Crippen molar-refractivity contribution in [1.29, 1.82) is 0 Å². The fourth-order valence-electron chi connectivity index (χ4n) is 3.22. The molecular weight excluding hydrogens is 305 g/mol. The van der Waals surface area contributed by atoms with E-state index < -0.39 is 0 Å². The number of carbonyl (C=O) groups excluding carboxylic acids is 1. The summed E-state index contributed by atoms with van der Waals surface area (Å²) in [4.78, 5) is 14.7. The smallest absolute Gasteiger partial charge is 0.294 e. The lowest BCUT2D eigenvalue weighted by Gasteiger charge is -2.21. The Hall–Kier alpha value is -2.88. The maximum Gasteiger partial charge on any atom is 0.294 e. The molecule has 2 aromatic carbocycles. The average molecular weight is 321 g/mol. The minimum atomic E-state index is -0.302. The molecule has 1 aliphatic heterocycles. The van der Waals surface area contributed by atoms with E-state index in [1.807, 2.05) is 31.2 Å². The molecule has 1 amide bonds. The Morgan fingerprint density at radius 1 is 1.08 bits per heavy atom. The molecule has 2 heterocycles. The maximum absolute atomic E-state index is 13.0. The molecule has 0 saturated carbocycles. The van der Waals surface area contributed by atoms with Gasteiger partial charge in [0.05, 0.1) is 0 Å². The number of hydrogen-bond donors (Lipinski definition) is 0. The summed E-state index contributed by atoms with van der Waals surface area (Å²) in [6.07, 6.45) is 0.841. The van der Waals surface area contributed by atoms with Crippen LogP contribution in [0, 0.1) is 5.82 Å². The number of fused-ring (bicyclic) bond motifs is 1. The highest BCUT2D eigenvalue weighted by molar-refractivity contribution is 6.06. The molecule has 0 aliphatic carbocycles. The Bertz CT molecular complexity index is 898. The lowest BCUT2D eigenvalue weighted by molar-refractivity contribution is 0.0955. The van der Waals surface area contributed by atoms with Gasteiger partial charge < -0.3 is 9.32 Å². The number of furan rings is 1. The van der Waals surface area contributed by atoms with Gasteiger partial charge in [0.25, 0.3) is 5.91 Å². The van der Waals surface area contributed by atoms with Gasteiger partial charge >= 0.3 is 0 Å². The van der Waals surface area contributed by atoms with Crippen molar-refractivity contribution >= 4 is 11.6 Å². The summed E-state index contributed by atoms with van der Waals surface area (Å²) in [7, 11) is 0. The normalized spacial score (nSPS) is 16.2. The van der Waals surface area contributed by atoms with Gasteiger partial charge in [-0.3, -0.25) is 4.79 Å². The second kappa shape index (κ2) is 5.64. The Morgan fingerprint density at radius 3 is 2.62 bits per heavy atom. The largest absolute Gasteiger partial charge is 0.451 e. The number of nitrogens with zero attached hydrogens (tertiary/aromatic N) is 1. The molecule has 3 aromatic rings. The minimum Gasteiger partial charge on any atom is -0.451 e. The number of halogens is 1. The predicted octanol–water partition coefficient (Wildman–Crippen LogP) is 4.68. The number of amides is 1. The van der Waals surface area contributed by atoms with Gasteiger partial charge in [-0.15, -0.1) is 0 Å². The summed E-state index contributed by atoms with van der Waals surface area (Å²) in [5, 5.41) is 0. The first kappa shape index (κ1) is 14.7. The van der Waals surface area contributed by atoms with Crippen LogP contribution in [0.2, 0.25) is 0 Å². The molecule has 24 heavy (non-hydrogen) atoms. The highest BCUT2D eigenvalue weighted by Crippen LogP contribution is 2.34. The van der Waals surface area contributed by atoms with Crippen molar-refractivity contribution in [1.82, 2.24) is 0 Å². The molecule has 3 nitrogen and oxygen atoms in total. The van der Waals surface area contributed by atoms with E-state index >= 15 is 0 Å². The summed E-state index contributed by atoms with van der Waals surface area (Å²) >= 11 is 0. The monoisotopic (exact) mass is 321 g/mol. The minimum absolute atomic E-state index is 0.0919. The van der Waals surface area contributed by atoms with Gasteiger partial charge in [-0.05, 0) is 61.4 Å². The second-order valence-corrected chi connectivity index (χ2v) is 6.03. The standard InChI is InChI=1S/C20H16FNO2/c1-13-12-15-4-2-3-5-17(15)22(13)20(23)19-11-10-18(24-19)14-6-8-16(21)9-7-14/h2-11,13H,12H2,1H3. The van der Waals surface area contributed by atoms with Crippen molar-refractivity contribution in [3.63, 3.8) is 0 Å². The van der Waals surface area contributed by atoms with Gasteiger partial charge in [-0.1, -0.05) is 18.2 Å². The Kier molecular flexibility index (Phi) is 3.45. The summed E-state index contributed by atoms with van der Waals surface area (Å²) in [6.45, 7) is 2.03. The van der Waals surface area contributed by atoms with Crippen LogP contribution in [-0.4, -0.2) is 11.9 Å². The summed E-state index contributed by atoms with van der Waals surface area (Å²) in [5.41, 5.74) is 2.85. The van der Waals surface area contributed by atoms with Crippen LogP contribution in [0.4, 0.5) is 10.1 Å². The van der Waals surface area contributed by atoms with E-state index in [2.05, 4.69) is 0 Å². The van der Waals surface area contributed by atoms with E-state index in [0.717, 1.165) is 17.7 Å².